The number of rotatable bonds is 7. The van der Waals surface area contributed by atoms with Gasteiger partial charge in [-0.3, -0.25) is 0 Å². The molecule has 0 saturated heterocycles. The monoisotopic (exact) mass is 267 g/mol. The van der Waals surface area contributed by atoms with Gasteiger partial charge in [-0.2, -0.15) is 0 Å². The van der Waals surface area contributed by atoms with Gasteiger partial charge in [-0.05, 0) is 57.9 Å². The van der Waals surface area contributed by atoms with Crippen LogP contribution < -0.4 is 5.32 Å². The molecule has 0 radical (unpaired) electrons. The van der Waals surface area contributed by atoms with Crippen molar-refractivity contribution in [2.45, 2.75) is 78.4 Å². The molecule has 0 aromatic heterocycles. The predicted octanol–water partition coefficient (Wildman–Crippen LogP) is 4.31. The van der Waals surface area contributed by atoms with Crippen molar-refractivity contribution >= 4 is 0 Å². The normalized spacial score (nSPS) is 23.0. The standard InChI is InChI=1S/C17H33NO/c1-7-13-18-15(14(3)4)17(19-8-2)11-9-16(5,6)10-12-17/h15,18H,3,7-13H2,1-2,4-6H3. The van der Waals surface area contributed by atoms with Crippen LogP contribution >= 0.6 is 0 Å². The topological polar surface area (TPSA) is 21.3 Å². The van der Waals surface area contributed by atoms with Crippen LogP contribution in [0.3, 0.4) is 0 Å². The minimum atomic E-state index is -0.0364. The second-order valence-electron chi connectivity index (χ2n) is 6.90. The van der Waals surface area contributed by atoms with E-state index < -0.39 is 0 Å². The fourth-order valence-corrected chi connectivity index (χ4v) is 3.25. The summed E-state index contributed by atoms with van der Waals surface area (Å²) in [6.45, 7) is 17.2. The molecule has 0 aromatic carbocycles. The third kappa shape index (κ3) is 4.32. The molecule has 1 unspecified atom stereocenters. The van der Waals surface area contributed by atoms with Crippen molar-refractivity contribution in [3.05, 3.63) is 12.2 Å². The lowest BCUT2D eigenvalue weighted by Crippen LogP contribution is -2.55. The Morgan fingerprint density at radius 2 is 1.79 bits per heavy atom. The Hall–Kier alpha value is -0.340. The molecule has 1 rings (SSSR count). The molecule has 19 heavy (non-hydrogen) atoms. The average molecular weight is 267 g/mol. The molecule has 0 aromatic rings. The van der Waals surface area contributed by atoms with E-state index >= 15 is 0 Å². The van der Waals surface area contributed by atoms with Crippen molar-refractivity contribution in [3.8, 4) is 0 Å². The van der Waals surface area contributed by atoms with Crippen molar-refractivity contribution in [3.63, 3.8) is 0 Å². The maximum absolute atomic E-state index is 6.26. The maximum Gasteiger partial charge on any atom is 0.0873 e. The van der Waals surface area contributed by atoms with E-state index in [1.54, 1.807) is 0 Å². The molecule has 1 fully saturated rings. The highest BCUT2D eigenvalue weighted by Crippen LogP contribution is 2.44. The summed E-state index contributed by atoms with van der Waals surface area (Å²) < 4.78 is 6.26. The largest absolute Gasteiger partial charge is 0.373 e. The lowest BCUT2D eigenvalue weighted by atomic mass is 9.67. The zero-order valence-corrected chi connectivity index (χ0v) is 13.6. The van der Waals surface area contributed by atoms with Gasteiger partial charge in [0.15, 0.2) is 0 Å². The van der Waals surface area contributed by atoms with Crippen LogP contribution in [0.15, 0.2) is 12.2 Å². The molecule has 0 aliphatic heterocycles. The van der Waals surface area contributed by atoms with Gasteiger partial charge in [0.2, 0.25) is 0 Å². The fourth-order valence-electron chi connectivity index (χ4n) is 3.25. The Bertz CT molecular complexity index is 286. The molecular formula is C17H33NO. The molecule has 2 heteroatoms. The zero-order valence-electron chi connectivity index (χ0n) is 13.6. The van der Waals surface area contributed by atoms with Crippen LogP contribution in [0.1, 0.15) is 66.7 Å². The molecule has 0 amide bonds. The second-order valence-corrected chi connectivity index (χ2v) is 6.90. The van der Waals surface area contributed by atoms with E-state index in [0.29, 0.717) is 11.5 Å². The lowest BCUT2D eigenvalue weighted by Gasteiger charge is -2.48. The Morgan fingerprint density at radius 3 is 2.21 bits per heavy atom. The second kappa shape index (κ2) is 6.90. The summed E-state index contributed by atoms with van der Waals surface area (Å²) in [5.74, 6) is 0. The van der Waals surface area contributed by atoms with Crippen LogP contribution in [0.4, 0.5) is 0 Å². The van der Waals surface area contributed by atoms with Crippen LogP contribution in [0, 0.1) is 5.41 Å². The highest BCUT2D eigenvalue weighted by atomic mass is 16.5. The van der Waals surface area contributed by atoms with E-state index in [-0.39, 0.29) is 5.60 Å². The Balaban J connectivity index is 2.86. The summed E-state index contributed by atoms with van der Waals surface area (Å²) >= 11 is 0. The van der Waals surface area contributed by atoms with E-state index in [4.69, 9.17) is 4.74 Å². The summed E-state index contributed by atoms with van der Waals surface area (Å²) in [7, 11) is 0. The molecule has 0 bridgehead atoms. The molecule has 1 atom stereocenters. The molecule has 1 aliphatic carbocycles. The molecule has 1 saturated carbocycles. The Morgan fingerprint density at radius 1 is 1.21 bits per heavy atom. The van der Waals surface area contributed by atoms with Crippen LogP contribution in [0.2, 0.25) is 0 Å². The van der Waals surface area contributed by atoms with Crippen LogP contribution in [0.25, 0.3) is 0 Å². The molecule has 112 valence electrons. The first kappa shape index (κ1) is 16.7. The van der Waals surface area contributed by atoms with E-state index in [1.165, 1.54) is 18.4 Å². The van der Waals surface area contributed by atoms with E-state index in [0.717, 1.165) is 32.4 Å². The minimum absolute atomic E-state index is 0.0364. The van der Waals surface area contributed by atoms with Gasteiger partial charge in [0.1, 0.15) is 0 Å². The smallest absolute Gasteiger partial charge is 0.0873 e. The van der Waals surface area contributed by atoms with Crippen LogP contribution in [0.5, 0.6) is 0 Å². The fraction of sp³-hybridized carbons (Fsp3) is 0.882. The summed E-state index contributed by atoms with van der Waals surface area (Å²) in [4.78, 5) is 0. The highest BCUT2D eigenvalue weighted by molar-refractivity contribution is 5.13. The van der Waals surface area contributed by atoms with E-state index in [9.17, 15) is 0 Å². The highest BCUT2D eigenvalue weighted by Gasteiger charge is 2.44. The molecule has 2 nitrogen and oxygen atoms in total. The zero-order chi connectivity index (χ0) is 14.5. The molecule has 1 aliphatic rings. The summed E-state index contributed by atoms with van der Waals surface area (Å²) in [6.07, 6.45) is 5.91. The first-order valence-electron chi connectivity index (χ1n) is 7.89. The average Bonchev–Trinajstić information content (AvgIpc) is 2.33. The summed E-state index contributed by atoms with van der Waals surface area (Å²) in [5.41, 5.74) is 1.64. The first-order valence-corrected chi connectivity index (χ1v) is 7.89. The van der Waals surface area contributed by atoms with Gasteiger partial charge in [-0.25, -0.2) is 0 Å². The predicted molar refractivity (Wildman–Crippen MR) is 83.5 cm³/mol. The van der Waals surface area contributed by atoms with Crippen LogP contribution in [-0.2, 0) is 4.74 Å². The van der Waals surface area contributed by atoms with E-state index in [1.807, 2.05) is 0 Å². The van der Waals surface area contributed by atoms with Gasteiger partial charge in [0.05, 0.1) is 11.6 Å². The summed E-state index contributed by atoms with van der Waals surface area (Å²) in [5, 5.41) is 3.67. The third-order valence-electron chi connectivity index (χ3n) is 4.50. The van der Waals surface area contributed by atoms with Crippen LogP contribution in [-0.4, -0.2) is 24.8 Å². The molecule has 0 heterocycles. The van der Waals surface area contributed by atoms with Gasteiger partial charge in [-0.1, -0.05) is 32.9 Å². The van der Waals surface area contributed by atoms with Gasteiger partial charge in [0.25, 0.3) is 0 Å². The molecule has 0 spiro atoms. The third-order valence-corrected chi connectivity index (χ3v) is 4.50. The van der Waals surface area contributed by atoms with Crippen molar-refractivity contribution in [2.24, 2.45) is 5.41 Å². The quantitative estimate of drug-likeness (QED) is 0.694. The van der Waals surface area contributed by atoms with Gasteiger partial charge >= 0.3 is 0 Å². The van der Waals surface area contributed by atoms with Crippen molar-refractivity contribution in [2.75, 3.05) is 13.2 Å². The van der Waals surface area contributed by atoms with Gasteiger partial charge in [-0.15, -0.1) is 0 Å². The molecular weight excluding hydrogens is 234 g/mol. The Kier molecular flexibility index (Phi) is 6.07. The SMILES string of the molecule is C=C(C)C(NCCC)C1(OCC)CCC(C)(C)CC1. The number of ether oxygens (including phenoxy) is 1. The number of nitrogens with one attached hydrogen (secondary N) is 1. The van der Waals surface area contributed by atoms with Crippen molar-refractivity contribution in [1.82, 2.24) is 5.32 Å². The minimum Gasteiger partial charge on any atom is -0.373 e. The van der Waals surface area contributed by atoms with Crippen molar-refractivity contribution in [1.29, 1.82) is 0 Å². The van der Waals surface area contributed by atoms with E-state index in [2.05, 4.69) is 46.5 Å². The van der Waals surface area contributed by atoms with Gasteiger partial charge in [0, 0.05) is 6.61 Å². The van der Waals surface area contributed by atoms with Crippen molar-refractivity contribution < 1.29 is 4.74 Å². The maximum atomic E-state index is 6.26. The molecule has 1 N–H and O–H groups in total. The van der Waals surface area contributed by atoms with Gasteiger partial charge < -0.3 is 10.1 Å². The lowest BCUT2D eigenvalue weighted by molar-refractivity contribution is -0.0986. The number of hydrogen-bond acceptors (Lipinski definition) is 2. The first-order chi connectivity index (χ1) is 8.87. The Labute approximate surface area is 120 Å². The summed E-state index contributed by atoms with van der Waals surface area (Å²) in [6, 6.07) is 0.295. The number of hydrogen-bond donors (Lipinski definition) is 1.